The van der Waals surface area contributed by atoms with Gasteiger partial charge in [0, 0.05) is 6.42 Å². The van der Waals surface area contributed by atoms with Gasteiger partial charge in [-0.25, -0.2) is 4.98 Å². The second kappa shape index (κ2) is 8.83. The number of hydrogen-bond donors (Lipinski definition) is 0. The second-order valence-corrected chi connectivity index (χ2v) is 8.23. The summed E-state index contributed by atoms with van der Waals surface area (Å²) in [5, 5.41) is 5.27. The SMILES string of the molecule is CCCCc1noc(CSc2nc3ccccc3c(=O)n2-c2c(C)cccc2C)n1. The van der Waals surface area contributed by atoms with Crippen LogP contribution in [0.5, 0.6) is 0 Å². The van der Waals surface area contributed by atoms with Crippen molar-refractivity contribution < 1.29 is 4.52 Å². The Labute approximate surface area is 179 Å². The largest absolute Gasteiger partial charge is 0.338 e. The molecule has 0 N–H and O–H groups in total. The molecule has 0 bridgehead atoms. The molecule has 0 saturated carbocycles. The van der Waals surface area contributed by atoms with Gasteiger partial charge in [-0.15, -0.1) is 0 Å². The maximum Gasteiger partial charge on any atom is 0.266 e. The summed E-state index contributed by atoms with van der Waals surface area (Å²) in [4.78, 5) is 22.7. The van der Waals surface area contributed by atoms with Crippen LogP contribution in [0.25, 0.3) is 16.6 Å². The third-order valence-corrected chi connectivity index (χ3v) is 5.92. The van der Waals surface area contributed by atoms with Crippen molar-refractivity contribution in [1.82, 2.24) is 19.7 Å². The number of fused-ring (bicyclic) bond motifs is 1. The Balaban J connectivity index is 1.77. The molecule has 0 aliphatic heterocycles. The number of aryl methyl sites for hydroxylation is 3. The number of unbranched alkanes of at least 4 members (excludes halogenated alkanes) is 1. The van der Waals surface area contributed by atoms with Crippen molar-refractivity contribution in [2.45, 2.75) is 50.9 Å². The molecule has 0 spiro atoms. The van der Waals surface area contributed by atoms with Gasteiger partial charge in [-0.2, -0.15) is 4.98 Å². The molecule has 7 heteroatoms. The monoisotopic (exact) mass is 420 g/mol. The lowest BCUT2D eigenvalue weighted by Crippen LogP contribution is -2.23. The second-order valence-electron chi connectivity index (χ2n) is 7.29. The van der Waals surface area contributed by atoms with E-state index in [1.54, 1.807) is 4.57 Å². The van der Waals surface area contributed by atoms with Gasteiger partial charge in [0.15, 0.2) is 11.0 Å². The number of para-hydroxylation sites is 2. The van der Waals surface area contributed by atoms with Gasteiger partial charge in [-0.3, -0.25) is 9.36 Å². The smallest absolute Gasteiger partial charge is 0.266 e. The van der Waals surface area contributed by atoms with Crippen LogP contribution in [-0.4, -0.2) is 19.7 Å². The van der Waals surface area contributed by atoms with Crippen LogP contribution in [0.3, 0.4) is 0 Å². The quantitative estimate of drug-likeness (QED) is 0.309. The maximum absolute atomic E-state index is 13.4. The molecule has 0 atom stereocenters. The molecule has 30 heavy (non-hydrogen) atoms. The summed E-state index contributed by atoms with van der Waals surface area (Å²) in [6, 6.07) is 13.5. The Hall–Kier alpha value is -2.93. The average Bonchev–Trinajstić information content (AvgIpc) is 3.20. The van der Waals surface area contributed by atoms with E-state index in [0.29, 0.717) is 27.7 Å². The first-order valence-electron chi connectivity index (χ1n) is 10.1. The Morgan fingerprint density at radius 3 is 2.57 bits per heavy atom. The highest BCUT2D eigenvalue weighted by molar-refractivity contribution is 7.98. The molecule has 4 aromatic rings. The number of rotatable bonds is 7. The van der Waals surface area contributed by atoms with E-state index in [2.05, 4.69) is 17.1 Å². The van der Waals surface area contributed by atoms with Gasteiger partial charge in [-0.05, 0) is 43.5 Å². The third kappa shape index (κ3) is 4.03. The standard InChI is InChI=1S/C23H24N4O2S/c1-4-5-13-19-25-20(29-26-19)14-30-23-24-18-12-7-6-11-17(18)22(28)27(23)21-15(2)9-8-10-16(21)3/h6-12H,4-5,13-14H2,1-3H3. The molecule has 4 rings (SSSR count). The minimum Gasteiger partial charge on any atom is -0.338 e. The Kier molecular flexibility index (Phi) is 5.99. The van der Waals surface area contributed by atoms with Crippen molar-refractivity contribution >= 4 is 22.7 Å². The first-order chi connectivity index (χ1) is 14.6. The van der Waals surface area contributed by atoms with Crippen molar-refractivity contribution in [2.24, 2.45) is 0 Å². The van der Waals surface area contributed by atoms with Gasteiger partial charge in [0.05, 0.1) is 22.3 Å². The van der Waals surface area contributed by atoms with Crippen LogP contribution in [0.15, 0.2) is 56.9 Å². The van der Waals surface area contributed by atoms with E-state index in [9.17, 15) is 4.79 Å². The van der Waals surface area contributed by atoms with Gasteiger partial charge >= 0.3 is 0 Å². The fourth-order valence-electron chi connectivity index (χ4n) is 3.48. The summed E-state index contributed by atoms with van der Waals surface area (Å²) in [6.45, 7) is 6.15. The van der Waals surface area contributed by atoms with Crippen LogP contribution >= 0.6 is 11.8 Å². The molecule has 154 valence electrons. The van der Waals surface area contributed by atoms with Crippen molar-refractivity contribution in [3.63, 3.8) is 0 Å². The molecule has 0 saturated heterocycles. The van der Waals surface area contributed by atoms with Crippen LogP contribution in [0.2, 0.25) is 0 Å². The Morgan fingerprint density at radius 1 is 1.03 bits per heavy atom. The van der Waals surface area contributed by atoms with Crippen molar-refractivity contribution in [3.05, 3.63) is 75.7 Å². The number of thioether (sulfide) groups is 1. The van der Waals surface area contributed by atoms with Crippen LogP contribution in [0.4, 0.5) is 0 Å². The van der Waals surface area contributed by atoms with Gasteiger partial charge in [0.2, 0.25) is 5.89 Å². The zero-order valence-corrected chi connectivity index (χ0v) is 18.2. The zero-order chi connectivity index (χ0) is 21.1. The molecule has 6 nitrogen and oxygen atoms in total. The van der Waals surface area contributed by atoms with E-state index in [0.717, 1.165) is 41.9 Å². The number of hydrogen-bond acceptors (Lipinski definition) is 6. The molecule has 0 radical (unpaired) electrons. The minimum absolute atomic E-state index is 0.0744. The highest BCUT2D eigenvalue weighted by Gasteiger charge is 2.17. The average molecular weight is 421 g/mol. The first-order valence-corrected chi connectivity index (χ1v) is 11.1. The van der Waals surface area contributed by atoms with E-state index in [4.69, 9.17) is 9.51 Å². The predicted molar refractivity (Wildman–Crippen MR) is 119 cm³/mol. The molecule has 0 amide bonds. The number of aromatic nitrogens is 4. The van der Waals surface area contributed by atoms with Crippen LogP contribution in [0, 0.1) is 13.8 Å². The molecule has 2 aromatic carbocycles. The summed E-state index contributed by atoms with van der Waals surface area (Å²) in [6.07, 6.45) is 2.93. The predicted octanol–water partition coefficient (Wildman–Crippen LogP) is 5.02. The molecular formula is C23H24N4O2S. The molecular weight excluding hydrogens is 396 g/mol. The first kappa shape index (κ1) is 20.3. The number of benzene rings is 2. The van der Waals surface area contributed by atoms with E-state index in [1.165, 1.54) is 11.8 Å². The minimum atomic E-state index is -0.0744. The van der Waals surface area contributed by atoms with Crippen LogP contribution in [0.1, 0.15) is 42.6 Å². The number of nitrogens with zero attached hydrogens (tertiary/aromatic N) is 4. The van der Waals surface area contributed by atoms with E-state index in [-0.39, 0.29) is 5.56 Å². The van der Waals surface area contributed by atoms with E-state index < -0.39 is 0 Å². The summed E-state index contributed by atoms with van der Waals surface area (Å²) in [5.74, 6) is 1.72. The van der Waals surface area contributed by atoms with Crippen molar-refractivity contribution in [3.8, 4) is 5.69 Å². The summed E-state index contributed by atoms with van der Waals surface area (Å²) >= 11 is 1.43. The van der Waals surface area contributed by atoms with Gasteiger partial charge in [-0.1, -0.05) is 60.6 Å². The molecule has 0 unspecified atom stereocenters. The van der Waals surface area contributed by atoms with Crippen LogP contribution < -0.4 is 5.56 Å². The lowest BCUT2D eigenvalue weighted by atomic mass is 10.1. The molecule has 0 fully saturated rings. The normalized spacial score (nSPS) is 11.3. The lowest BCUT2D eigenvalue weighted by molar-refractivity contribution is 0.384. The van der Waals surface area contributed by atoms with Crippen molar-refractivity contribution in [1.29, 1.82) is 0 Å². The summed E-state index contributed by atoms with van der Waals surface area (Å²) < 4.78 is 7.11. The Bertz CT molecular complexity index is 1230. The maximum atomic E-state index is 13.4. The van der Waals surface area contributed by atoms with Gasteiger partial charge in [0.25, 0.3) is 5.56 Å². The Morgan fingerprint density at radius 2 is 1.80 bits per heavy atom. The highest BCUT2D eigenvalue weighted by atomic mass is 32.2. The molecule has 0 aliphatic carbocycles. The van der Waals surface area contributed by atoms with Gasteiger partial charge in [0.1, 0.15) is 0 Å². The molecule has 2 heterocycles. The van der Waals surface area contributed by atoms with Gasteiger partial charge < -0.3 is 4.52 Å². The van der Waals surface area contributed by atoms with E-state index >= 15 is 0 Å². The fourth-order valence-corrected chi connectivity index (χ4v) is 4.31. The van der Waals surface area contributed by atoms with Crippen LogP contribution in [-0.2, 0) is 12.2 Å². The third-order valence-electron chi connectivity index (χ3n) is 5.00. The molecule has 0 aliphatic rings. The highest BCUT2D eigenvalue weighted by Crippen LogP contribution is 2.27. The fraction of sp³-hybridized carbons (Fsp3) is 0.304. The summed E-state index contributed by atoms with van der Waals surface area (Å²) in [5.41, 5.74) is 3.53. The lowest BCUT2D eigenvalue weighted by Gasteiger charge is -2.16. The summed E-state index contributed by atoms with van der Waals surface area (Å²) in [7, 11) is 0. The zero-order valence-electron chi connectivity index (χ0n) is 17.4. The van der Waals surface area contributed by atoms with E-state index in [1.807, 2.05) is 56.3 Å². The molecule has 2 aromatic heterocycles. The topological polar surface area (TPSA) is 73.8 Å². The van der Waals surface area contributed by atoms with Crippen molar-refractivity contribution in [2.75, 3.05) is 0 Å².